The van der Waals surface area contributed by atoms with Crippen molar-refractivity contribution in [2.75, 3.05) is 19.5 Å². The summed E-state index contributed by atoms with van der Waals surface area (Å²) < 4.78 is 18.5. The summed E-state index contributed by atoms with van der Waals surface area (Å²) in [6.45, 7) is 0.491. The van der Waals surface area contributed by atoms with E-state index in [1.807, 2.05) is 42.5 Å². The maximum Gasteiger partial charge on any atom is 0.199 e. The van der Waals surface area contributed by atoms with Crippen molar-refractivity contribution in [2.45, 2.75) is 29.4 Å². The second-order valence-electron chi connectivity index (χ2n) is 6.72. The third kappa shape index (κ3) is 4.83. The highest BCUT2D eigenvalue weighted by atomic mass is 32.2. The quantitative estimate of drug-likeness (QED) is 0.347. The Kier molecular flexibility index (Phi) is 6.99. The first kappa shape index (κ1) is 20.8. The number of benzene rings is 2. The van der Waals surface area contributed by atoms with Crippen LogP contribution < -0.4 is 9.47 Å². The molecule has 0 N–H and O–H groups in total. The average molecular weight is 443 g/mol. The van der Waals surface area contributed by atoms with Crippen molar-refractivity contribution in [3.05, 3.63) is 65.2 Å². The first-order valence-electron chi connectivity index (χ1n) is 9.70. The lowest BCUT2D eigenvalue weighted by Gasteiger charge is -2.32. The second kappa shape index (κ2) is 10.1. The molecule has 0 saturated carbocycles. The molecule has 4 rings (SSSR count). The summed E-state index contributed by atoms with van der Waals surface area (Å²) in [5.74, 6) is 2.25. The van der Waals surface area contributed by atoms with Gasteiger partial charge in [0.15, 0.2) is 22.3 Å². The monoisotopic (exact) mass is 442 g/mol. The van der Waals surface area contributed by atoms with Gasteiger partial charge in [0.2, 0.25) is 0 Å². The fourth-order valence-electron chi connectivity index (χ4n) is 3.26. The molecule has 0 aliphatic carbocycles. The third-order valence-corrected chi connectivity index (χ3v) is 6.73. The topological polar surface area (TPSA) is 70.5 Å². The number of unbranched alkanes of at least 4 members (excludes halogenated alkanes) is 1. The highest BCUT2D eigenvalue weighted by molar-refractivity contribution is 8.00. The SMILES string of the molecule is COc1ccc(C2Oc3ccccc3C(=O)C2OCCCCSc2nncs2)cc1. The number of fused-ring (bicyclic) bond motifs is 1. The molecule has 1 aliphatic heterocycles. The van der Waals surface area contributed by atoms with Crippen LogP contribution in [-0.4, -0.2) is 41.6 Å². The molecule has 2 aromatic carbocycles. The van der Waals surface area contributed by atoms with Gasteiger partial charge in [0, 0.05) is 12.4 Å². The highest BCUT2D eigenvalue weighted by Gasteiger charge is 2.38. The fraction of sp³-hybridized carbons (Fsp3) is 0.318. The van der Waals surface area contributed by atoms with Crippen LogP contribution in [0.25, 0.3) is 0 Å². The van der Waals surface area contributed by atoms with Crippen LogP contribution in [0.15, 0.2) is 58.4 Å². The van der Waals surface area contributed by atoms with E-state index in [-0.39, 0.29) is 5.78 Å². The van der Waals surface area contributed by atoms with Gasteiger partial charge in [-0.1, -0.05) is 47.4 Å². The number of ketones is 1. The van der Waals surface area contributed by atoms with E-state index in [2.05, 4.69) is 10.2 Å². The molecule has 2 atom stereocenters. The Morgan fingerprint density at radius 1 is 1.13 bits per heavy atom. The number of nitrogens with zero attached hydrogens (tertiary/aromatic N) is 2. The molecule has 1 aliphatic rings. The van der Waals surface area contributed by atoms with Gasteiger partial charge in [0.05, 0.1) is 12.7 Å². The maximum atomic E-state index is 13.2. The predicted octanol–water partition coefficient (Wildman–Crippen LogP) is 4.82. The van der Waals surface area contributed by atoms with Gasteiger partial charge in [-0.05, 0) is 42.7 Å². The molecule has 0 fully saturated rings. The van der Waals surface area contributed by atoms with Crippen molar-refractivity contribution in [1.29, 1.82) is 0 Å². The van der Waals surface area contributed by atoms with Gasteiger partial charge in [-0.3, -0.25) is 4.79 Å². The van der Waals surface area contributed by atoms with E-state index in [1.165, 1.54) is 0 Å². The first-order valence-corrected chi connectivity index (χ1v) is 11.6. The average Bonchev–Trinajstić information content (AvgIpc) is 3.31. The largest absolute Gasteiger partial charge is 0.497 e. The summed E-state index contributed by atoms with van der Waals surface area (Å²) >= 11 is 3.23. The molecule has 0 bridgehead atoms. The third-order valence-electron chi connectivity index (χ3n) is 4.79. The van der Waals surface area contributed by atoms with Crippen LogP contribution in [0.4, 0.5) is 0 Å². The van der Waals surface area contributed by atoms with Crippen molar-refractivity contribution < 1.29 is 19.0 Å². The summed E-state index contributed by atoms with van der Waals surface area (Å²) in [6, 6.07) is 14.9. The Bertz CT molecular complexity index is 964. The Morgan fingerprint density at radius 2 is 1.97 bits per heavy atom. The van der Waals surface area contributed by atoms with Crippen LogP contribution in [0.1, 0.15) is 34.9 Å². The van der Waals surface area contributed by atoms with Crippen LogP contribution in [0.5, 0.6) is 11.5 Å². The molecular formula is C22H22N2O4S2. The number of Topliss-reactive ketones (excluding diaryl/α,β-unsaturated/α-hetero) is 1. The molecule has 6 nitrogen and oxygen atoms in total. The zero-order valence-corrected chi connectivity index (χ0v) is 18.2. The van der Waals surface area contributed by atoms with E-state index in [0.29, 0.717) is 17.9 Å². The second-order valence-corrected chi connectivity index (χ2v) is 8.90. The van der Waals surface area contributed by atoms with Crippen LogP contribution in [0, 0.1) is 0 Å². The van der Waals surface area contributed by atoms with E-state index < -0.39 is 12.2 Å². The molecule has 2 unspecified atom stereocenters. The van der Waals surface area contributed by atoms with Gasteiger partial charge in [0.25, 0.3) is 0 Å². The maximum absolute atomic E-state index is 13.2. The lowest BCUT2D eigenvalue weighted by atomic mass is 9.93. The summed E-state index contributed by atoms with van der Waals surface area (Å²) in [5, 5.41) is 7.86. The number of carbonyl (C=O) groups excluding carboxylic acids is 1. The van der Waals surface area contributed by atoms with Gasteiger partial charge in [0.1, 0.15) is 17.0 Å². The lowest BCUT2D eigenvalue weighted by molar-refractivity contribution is -0.0225. The van der Waals surface area contributed by atoms with E-state index in [4.69, 9.17) is 14.2 Å². The first-order chi connectivity index (χ1) is 14.8. The fourth-order valence-corrected chi connectivity index (χ4v) is 4.82. The highest BCUT2D eigenvalue weighted by Crippen LogP contribution is 2.37. The molecule has 8 heteroatoms. The summed E-state index contributed by atoms with van der Waals surface area (Å²) in [6.07, 6.45) is 0.653. The van der Waals surface area contributed by atoms with Gasteiger partial charge in [-0.2, -0.15) is 0 Å². The van der Waals surface area contributed by atoms with Gasteiger partial charge < -0.3 is 14.2 Å². The molecular weight excluding hydrogens is 420 g/mol. The van der Waals surface area contributed by atoms with Crippen molar-refractivity contribution >= 4 is 28.9 Å². The van der Waals surface area contributed by atoms with Crippen LogP contribution in [0.3, 0.4) is 0 Å². The zero-order valence-electron chi connectivity index (χ0n) is 16.5. The summed E-state index contributed by atoms with van der Waals surface area (Å²) in [7, 11) is 1.63. The molecule has 0 radical (unpaired) electrons. The van der Waals surface area contributed by atoms with Crippen molar-refractivity contribution in [3.8, 4) is 11.5 Å². The van der Waals surface area contributed by atoms with Gasteiger partial charge in [-0.25, -0.2) is 0 Å². The number of aromatic nitrogens is 2. The Morgan fingerprint density at radius 3 is 2.73 bits per heavy atom. The summed E-state index contributed by atoms with van der Waals surface area (Å²) in [5.41, 5.74) is 3.19. The zero-order chi connectivity index (χ0) is 20.8. The van der Waals surface area contributed by atoms with Crippen LogP contribution in [-0.2, 0) is 4.74 Å². The minimum atomic E-state index is -0.677. The Labute approximate surface area is 183 Å². The molecule has 156 valence electrons. The molecule has 0 saturated heterocycles. The molecule has 30 heavy (non-hydrogen) atoms. The number of ether oxygens (including phenoxy) is 3. The molecule has 1 aromatic heterocycles. The minimum absolute atomic E-state index is 0.0408. The van der Waals surface area contributed by atoms with E-state index in [1.54, 1.807) is 41.8 Å². The molecule has 0 amide bonds. The number of hydrogen-bond acceptors (Lipinski definition) is 8. The smallest absolute Gasteiger partial charge is 0.199 e. The predicted molar refractivity (Wildman–Crippen MR) is 117 cm³/mol. The van der Waals surface area contributed by atoms with Gasteiger partial charge >= 0.3 is 0 Å². The standard InChI is InChI=1S/C22H22N2O4S2/c1-26-16-10-8-15(9-11-16)20-21(19(25)17-6-2-3-7-18(17)28-20)27-12-4-5-13-29-22-24-23-14-30-22/h2-3,6-11,14,20-21H,4-5,12-13H2,1H3. The number of thioether (sulfide) groups is 1. The number of carbonyl (C=O) groups is 1. The summed E-state index contributed by atoms with van der Waals surface area (Å²) in [4.78, 5) is 13.2. The van der Waals surface area contributed by atoms with Gasteiger partial charge in [-0.15, -0.1) is 10.2 Å². The Balaban J connectivity index is 1.41. The number of methoxy groups -OCH3 is 1. The van der Waals surface area contributed by atoms with E-state index in [9.17, 15) is 4.79 Å². The minimum Gasteiger partial charge on any atom is -0.497 e. The van der Waals surface area contributed by atoms with Crippen LogP contribution >= 0.6 is 23.1 Å². The van der Waals surface area contributed by atoms with E-state index >= 15 is 0 Å². The number of hydrogen-bond donors (Lipinski definition) is 0. The van der Waals surface area contributed by atoms with Crippen molar-refractivity contribution in [3.63, 3.8) is 0 Å². The number of para-hydroxylation sites is 1. The molecule has 3 aromatic rings. The number of rotatable bonds is 9. The molecule has 0 spiro atoms. The molecule has 2 heterocycles. The normalized spacial score (nSPS) is 18.0. The van der Waals surface area contributed by atoms with E-state index in [0.717, 1.165) is 34.2 Å². The van der Waals surface area contributed by atoms with Crippen molar-refractivity contribution in [2.24, 2.45) is 0 Å². The lowest BCUT2D eigenvalue weighted by Crippen LogP contribution is -2.38. The Hall–Kier alpha value is -2.42. The van der Waals surface area contributed by atoms with Crippen LogP contribution in [0.2, 0.25) is 0 Å². The van der Waals surface area contributed by atoms with Crippen molar-refractivity contribution in [1.82, 2.24) is 10.2 Å².